The van der Waals surface area contributed by atoms with E-state index in [0.29, 0.717) is 22.7 Å². The van der Waals surface area contributed by atoms with E-state index < -0.39 is 23.4 Å². The first-order valence-corrected chi connectivity index (χ1v) is 9.08. The van der Waals surface area contributed by atoms with Gasteiger partial charge in [-0.2, -0.15) is 13.2 Å². The van der Waals surface area contributed by atoms with E-state index >= 15 is 0 Å². The first kappa shape index (κ1) is 20.5. The number of fused-ring (bicyclic) bond motifs is 1. The highest BCUT2D eigenvalue weighted by molar-refractivity contribution is 6.17. The van der Waals surface area contributed by atoms with Gasteiger partial charge in [-0.15, -0.1) is 5.10 Å². The van der Waals surface area contributed by atoms with Crippen LogP contribution < -0.4 is 10.1 Å². The van der Waals surface area contributed by atoms with Crippen molar-refractivity contribution < 1.29 is 27.8 Å². The summed E-state index contributed by atoms with van der Waals surface area (Å²) in [5, 5.41) is 19.6. The maximum absolute atomic E-state index is 13.3. The lowest BCUT2D eigenvalue weighted by atomic mass is 10.1. The van der Waals surface area contributed by atoms with Crippen LogP contribution in [-0.2, 0) is 17.6 Å². The van der Waals surface area contributed by atoms with Crippen molar-refractivity contribution in [1.82, 2.24) is 15.0 Å². The van der Waals surface area contributed by atoms with Gasteiger partial charge in [0.1, 0.15) is 5.75 Å². The number of aliphatic hydroxyl groups excluding tert-OH is 1. The third-order valence-corrected chi connectivity index (χ3v) is 4.69. The smallest absolute Gasteiger partial charge is 0.420 e. The molecule has 1 amide bonds. The number of aliphatic imine (C=N–C) groups is 1. The van der Waals surface area contributed by atoms with E-state index in [1.54, 1.807) is 24.3 Å². The number of nitrogens with one attached hydrogen (secondary N) is 1. The van der Waals surface area contributed by atoms with Crippen LogP contribution in [0.3, 0.4) is 0 Å². The highest BCUT2D eigenvalue weighted by Gasteiger charge is 2.36. The van der Waals surface area contributed by atoms with Crippen LogP contribution in [0.15, 0.2) is 47.6 Å². The molecule has 2 N–H and O–H groups in total. The fraction of sp³-hybridized carbons (Fsp3) is 0.200. The summed E-state index contributed by atoms with van der Waals surface area (Å²) in [5.74, 6) is -0.896. The molecule has 1 aliphatic heterocycles. The molecule has 4 rings (SSSR count). The predicted octanol–water partition coefficient (Wildman–Crippen LogP) is 3.25. The van der Waals surface area contributed by atoms with Crippen molar-refractivity contribution in [2.45, 2.75) is 19.2 Å². The van der Waals surface area contributed by atoms with Crippen molar-refractivity contribution >= 4 is 23.0 Å². The molecular weight excluding hydrogens is 415 g/mol. The number of alkyl halides is 3. The van der Waals surface area contributed by atoms with Gasteiger partial charge in [-0.25, -0.2) is 9.67 Å². The summed E-state index contributed by atoms with van der Waals surface area (Å²) in [6, 6.07) is 8.84. The van der Waals surface area contributed by atoms with Gasteiger partial charge in [-0.05, 0) is 23.8 Å². The number of aliphatic hydroxyl groups is 1. The van der Waals surface area contributed by atoms with Gasteiger partial charge < -0.3 is 15.2 Å². The molecular formula is C20H16F3N5O3. The van der Waals surface area contributed by atoms with E-state index in [4.69, 9.17) is 4.74 Å². The Balaban J connectivity index is 1.81. The second-order valence-corrected chi connectivity index (χ2v) is 6.70. The van der Waals surface area contributed by atoms with Crippen LogP contribution in [0.25, 0.3) is 5.69 Å². The molecule has 31 heavy (non-hydrogen) atoms. The second kappa shape index (κ2) is 7.84. The standard InChI is InChI=1S/C20H16F3N5O3/c1-31-18-7-17-16(6-14(18)20(21,22)23)26-19(30)8-15(25-17)11-3-2-4-12(5-11)28-13(10-29)9-24-27-28/h2-7,9,29H,8,10H2,1H3,(H,26,30). The van der Waals surface area contributed by atoms with Crippen LogP contribution in [0.1, 0.15) is 23.2 Å². The summed E-state index contributed by atoms with van der Waals surface area (Å²) >= 11 is 0. The van der Waals surface area contributed by atoms with Crippen molar-refractivity contribution in [1.29, 1.82) is 0 Å². The molecule has 0 unspecified atom stereocenters. The summed E-state index contributed by atoms with van der Waals surface area (Å²) < 4.78 is 46.3. The number of rotatable bonds is 4. The molecule has 0 fully saturated rings. The van der Waals surface area contributed by atoms with Crippen LogP contribution >= 0.6 is 0 Å². The van der Waals surface area contributed by atoms with E-state index in [0.717, 1.165) is 19.2 Å². The molecule has 0 bridgehead atoms. The number of carbonyl (C=O) groups excluding carboxylic acids is 1. The Morgan fingerprint density at radius 3 is 2.77 bits per heavy atom. The lowest BCUT2D eigenvalue weighted by Crippen LogP contribution is -2.16. The van der Waals surface area contributed by atoms with E-state index in [9.17, 15) is 23.1 Å². The van der Waals surface area contributed by atoms with Gasteiger partial charge in [-0.3, -0.25) is 4.79 Å². The third kappa shape index (κ3) is 3.99. The number of hydrogen-bond acceptors (Lipinski definition) is 6. The Morgan fingerprint density at radius 2 is 2.06 bits per heavy atom. The number of hydrogen-bond donors (Lipinski definition) is 2. The largest absolute Gasteiger partial charge is 0.496 e. The normalized spacial score (nSPS) is 13.8. The zero-order chi connectivity index (χ0) is 22.2. The summed E-state index contributed by atoms with van der Waals surface area (Å²) in [7, 11) is 1.14. The van der Waals surface area contributed by atoms with Gasteiger partial charge in [0.2, 0.25) is 5.91 Å². The zero-order valence-corrected chi connectivity index (χ0v) is 16.1. The minimum Gasteiger partial charge on any atom is -0.496 e. The quantitative estimate of drug-likeness (QED) is 0.660. The van der Waals surface area contributed by atoms with Crippen molar-refractivity contribution in [3.8, 4) is 11.4 Å². The van der Waals surface area contributed by atoms with E-state index in [1.807, 2.05) is 0 Å². The predicted molar refractivity (Wildman–Crippen MR) is 105 cm³/mol. The van der Waals surface area contributed by atoms with Gasteiger partial charge in [-0.1, -0.05) is 17.3 Å². The van der Waals surface area contributed by atoms with Crippen LogP contribution in [0.5, 0.6) is 5.75 Å². The van der Waals surface area contributed by atoms with Crippen LogP contribution in [0.2, 0.25) is 0 Å². The van der Waals surface area contributed by atoms with Crippen molar-refractivity contribution in [3.05, 3.63) is 59.4 Å². The third-order valence-electron chi connectivity index (χ3n) is 4.69. The maximum Gasteiger partial charge on any atom is 0.420 e. The summed E-state index contributed by atoms with van der Waals surface area (Å²) in [6.45, 7) is -0.269. The van der Waals surface area contributed by atoms with E-state index in [-0.39, 0.29) is 24.4 Å². The Labute approximate surface area is 174 Å². The van der Waals surface area contributed by atoms with Crippen LogP contribution in [0.4, 0.5) is 24.5 Å². The molecule has 0 atom stereocenters. The highest BCUT2D eigenvalue weighted by atomic mass is 19.4. The molecule has 2 aromatic carbocycles. The monoisotopic (exact) mass is 431 g/mol. The molecule has 1 aromatic heterocycles. The molecule has 2 heterocycles. The van der Waals surface area contributed by atoms with E-state index in [1.165, 1.54) is 10.9 Å². The van der Waals surface area contributed by atoms with Crippen molar-refractivity contribution in [3.63, 3.8) is 0 Å². The average Bonchev–Trinajstić information content (AvgIpc) is 3.15. The minimum atomic E-state index is -4.65. The fourth-order valence-corrected chi connectivity index (χ4v) is 3.25. The number of aromatic nitrogens is 3. The van der Waals surface area contributed by atoms with Crippen LogP contribution in [0, 0.1) is 0 Å². The number of ether oxygens (including phenoxy) is 1. The molecule has 11 heteroatoms. The number of methoxy groups -OCH3 is 1. The van der Waals surface area contributed by atoms with Crippen molar-refractivity contribution in [2.24, 2.45) is 4.99 Å². The van der Waals surface area contributed by atoms with Gasteiger partial charge in [0.15, 0.2) is 0 Å². The Kier molecular flexibility index (Phi) is 5.19. The zero-order valence-electron chi connectivity index (χ0n) is 16.1. The summed E-state index contributed by atoms with van der Waals surface area (Å²) in [4.78, 5) is 16.8. The maximum atomic E-state index is 13.3. The second-order valence-electron chi connectivity index (χ2n) is 6.70. The number of amides is 1. The van der Waals surface area contributed by atoms with Gasteiger partial charge in [0.05, 0.1) is 60.4 Å². The molecule has 0 saturated heterocycles. The first-order chi connectivity index (χ1) is 14.8. The van der Waals surface area contributed by atoms with Gasteiger partial charge in [0, 0.05) is 6.07 Å². The summed E-state index contributed by atoms with van der Waals surface area (Å²) in [5.41, 5.74) is 1.06. The lowest BCUT2D eigenvalue weighted by molar-refractivity contribution is -0.138. The Bertz CT molecular complexity index is 1190. The topological polar surface area (TPSA) is 102 Å². The average molecular weight is 431 g/mol. The minimum absolute atomic E-state index is 0.0527. The molecule has 0 radical (unpaired) electrons. The number of benzene rings is 2. The van der Waals surface area contributed by atoms with Crippen LogP contribution in [-0.4, -0.2) is 38.8 Å². The van der Waals surface area contributed by atoms with E-state index in [2.05, 4.69) is 20.6 Å². The molecule has 8 nitrogen and oxygen atoms in total. The molecule has 0 aliphatic carbocycles. The molecule has 1 aliphatic rings. The van der Waals surface area contributed by atoms with Crippen molar-refractivity contribution in [2.75, 3.05) is 12.4 Å². The molecule has 160 valence electrons. The number of anilines is 1. The first-order valence-electron chi connectivity index (χ1n) is 9.08. The van der Waals surface area contributed by atoms with Gasteiger partial charge >= 0.3 is 6.18 Å². The number of halogens is 3. The Morgan fingerprint density at radius 1 is 1.26 bits per heavy atom. The molecule has 0 saturated carbocycles. The van der Waals surface area contributed by atoms with Gasteiger partial charge in [0.25, 0.3) is 0 Å². The summed E-state index contributed by atoms with van der Waals surface area (Å²) in [6.07, 6.45) is -3.38. The number of carbonyl (C=O) groups is 1. The molecule has 3 aromatic rings. The fourth-order valence-electron chi connectivity index (χ4n) is 3.25. The SMILES string of the molecule is COc1cc2c(cc1C(F)(F)F)NC(=O)CC(c1cccc(-n3nncc3CO)c1)=N2. The Hall–Kier alpha value is -3.73. The number of nitrogens with zero attached hydrogens (tertiary/aromatic N) is 4. The highest BCUT2D eigenvalue weighted by Crippen LogP contribution is 2.43. The molecule has 0 spiro atoms. The lowest BCUT2D eigenvalue weighted by Gasteiger charge is -2.15.